The third-order valence-corrected chi connectivity index (χ3v) is 7.21. The van der Waals surface area contributed by atoms with Crippen molar-refractivity contribution in [3.63, 3.8) is 0 Å². The quantitative estimate of drug-likeness (QED) is 0.467. The Bertz CT molecular complexity index is 1410. The molecule has 1 saturated heterocycles. The summed E-state index contributed by atoms with van der Waals surface area (Å²) < 4.78 is 46.8. The number of nitrogens with two attached hydrogens (primary N) is 1. The highest BCUT2D eigenvalue weighted by atomic mass is 19.4. The number of carbonyl (C=O) groups is 2. The van der Waals surface area contributed by atoms with Crippen molar-refractivity contribution >= 4 is 40.4 Å². The molecule has 3 N–H and O–H groups in total. The van der Waals surface area contributed by atoms with Gasteiger partial charge in [-0.3, -0.25) is 9.59 Å². The zero-order chi connectivity index (χ0) is 27.0. The largest absolute Gasteiger partial charge is 0.507 e. The van der Waals surface area contributed by atoms with Gasteiger partial charge in [0.25, 0.3) is 5.91 Å². The predicted molar refractivity (Wildman–Crippen MR) is 135 cm³/mol. The normalized spacial score (nSPS) is 21.2. The lowest BCUT2D eigenvalue weighted by Crippen LogP contribution is -2.41. The molecule has 0 radical (unpaired) electrons. The Morgan fingerprint density at radius 1 is 1.13 bits per heavy atom. The second-order valence-corrected chi connectivity index (χ2v) is 9.63. The Labute approximate surface area is 216 Å². The molecule has 0 atom stereocenters. The summed E-state index contributed by atoms with van der Waals surface area (Å²) >= 11 is 0. The van der Waals surface area contributed by atoms with E-state index in [0.717, 1.165) is 17.6 Å². The number of aromatic nitrogens is 2. The number of amides is 2. The molecule has 0 bridgehead atoms. The molecule has 8 nitrogen and oxygen atoms in total. The minimum Gasteiger partial charge on any atom is -0.507 e. The van der Waals surface area contributed by atoms with Crippen LogP contribution in [0.25, 0.3) is 22.9 Å². The fourth-order valence-corrected chi connectivity index (χ4v) is 5.23. The Kier molecular flexibility index (Phi) is 6.87. The second-order valence-electron chi connectivity index (χ2n) is 9.63. The molecular weight excluding hydrogens is 501 g/mol. The van der Waals surface area contributed by atoms with Crippen LogP contribution in [-0.2, 0) is 20.5 Å². The number of halogens is 3. The molecule has 2 aromatic carbocycles. The number of benzene rings is 2. The number of ether oxygens (including phenoxy) is 1. The number of anilines is 1. The van der Waals surface area contributed by atoms with Crippen LogP contribution in [0.5, 0.6) is 0 Å². The third-order valence-electron chi connectivity index (χ3n) is 7.21. The van der Waals surface area contributed by atoms with Crippen LogP contribution in [0.15, 0.2) is 42.5 Å². The Balaban J connectivity index is 1.57. The summed E-state index contributed by atoms with van der Waals surface area (Å²) in [6.07, 6.45) is -0.696. The molecule has 2 amide bonds. The fourth-order valence-electron chi connectivity index (χ4n) is 5.23. The van der Waals surface area contributed by atoms with E-state index in [1.165, 1.54) is 18.2 Å². The Morgan fingerprint density at radius 2 is 1.89 bits per heavy atom. The number of alkyl halides is 3. The van der Waals surface area contributed by atoms with Gasteiger partial charge < -0.3 is 25.0 Å². The van der Waals surface area contributed by atoms with Crippen LogP contribution in [-0.4, -0.2) is 46.2 Å². The molecule has 0 unspecified atom stereocenters. The Hall–Kier alpha value is -3.86. The summed E-state index contributed by atoms with van der Waals surface area (Å²) in [4.78, 5) is 30.4. The van der Waals surface area contributed by atoms with Crippen molar-refractivity contribution in [3.8, 4) is 0 Å². The van der Waals surface area contributed by atoms with Crippen LogP contribution in [0.4, 0.5) is 18.9 Å². The van der Waals surface area contributed by atoms with Crippen molar-refractivity contribution < 1.29 is 32.6 Å². The summed E-state index contributed by atoms with van der Waals surface area (Å²) in [6.45, 7) is 0.819. The molecule has 1 aliphatic carbocycles. The molecule has 3 aromatic rings. The maximum Gasteiger partial charge on any atom is 0.416 e. The summed E-state index contributed by atoms with van der Waals surface area (Å²) in [5.41, 5.74) is 6.62. The lowest BCUT2D eigenvalue weighted by Gasteiger charge is -2.29. The smallest absolute Gasteiger partial charge is 0.416 e. The van der Waals surface area contributed by atoms with E-state index >= 15 is 0 Å². The van der Waals surface area contributed by atoms with E-state index in [0.29, 0.717) is 55.9 Å². The molecule has 2 fully saturated rings. The van der Waals surface area contributed by atoms with E-state index in [9.17, 15) is 27.9 Å². The van der Waals surface area contributed by atoms with Crippen molar-refractivity contribution in [1.29, 1.82) is 0 Å². The summed E-state index contributed by atoms with van der Waals surface area (Å²) in [7, 11) is 0. The molecule has 200 valence electrons. The highest BCUT2D eigenvalue weighted by Gasteiger charge is 2.31. The van der Waals surface area contributed by atoms with Gasteiger partial charge in [0.2, 0.25) is 5.91 Å². The highest BCUT2D eigenvalue weighted by Crippen LogP contribution is 2.37. The van der Waals surface area contributed by atoms with Crippen LogP contribution in [0, 0.1) is 5.92 Å². The van der Waals surface area contributed by atoms with Crippen LogP contribution in [0.2, 0.25) is 0 Å². The number of carbonyl (C=O) groups excluding carboxylic acids is 2. The van der Waals surface area contributed by atoms with Gasteiger partial charge >= 0.3 is 6.18 Å². The topological polar surface area (TPSA) is 111 Å². The van der Waals surface area contributed by atoms with Crippen LogP contribution >= 0.6 is 0 Å². The number of primary amides is 1. The molecule has 38 heavy (non-hydrogen) atoms. The van der Waals surface area contributed by atoms with Gasteiger partial charge in [-0.25, -0.2) is 4.98 Å². The standard InChI is InChI=1S/C27H27F3N4O4/c28-27(29,30)18-3-1-2-17(12-18)23(35)14-24-32-21-13-20(33-10-11-38-15-25(33)36)8-9-22(21)34(24)19-6-4-16(5-7-19)26(31)37/h1-3,8-9,12-14,16,19,35H,4-7,10-11,15H2,(H2,31,37). The Morgan fingerprint density at radius 3 is 2.58 bits per heavy atom. The first kappa shape index (κ1) is 25.8. The molecule has 5 rings (SSSR count). The van der Waals surface area contributed by atoms with Gasteiger partial charge in [0.15, 0.2) is 0 Å². The number of imidazole rings is 1. The number of fused-ring (bicyclic) bond motifs is 1. The SMILES string of the molecule is NC(=O)C1CCC(n2c(C=C(O)c3cccc(C(F)(F)F)c3)nc3cc(N4CCOCC4=O)ccc32)CC1. The molecule has 0 spiro atoms. The number of rotatable bonds is 5. The molecule has 1 aliphatic heterocycles. The van der Waals surface area contributed by atoms with Crippen LogP contribution < -0.4 is 10.6 Å². The number of aliphatic hydroxyl groups is 1. The van der Waals surface area contributed by atoms with Crippen molar-refractivity contribution in [2.75, 3.05) is 24.7 Å². The number of hydrogen-bond donors (Lipinski definition) is 2. The molecular formula is C27H27F3N4O4. The van der Waals surface area contributed by atoms with Crippen molar-refractivity contribution in [3.05, 3.63) is 59.4 Å². The summed E-state index contributed by atoms with van der Waals surface area (Å²) in [5.74, 6) is -0.703. The van der Waals surface area contributed by atoms with Gasteiger partial charge in [0.1, 0.15) is 18.2 Å². The fraction of sp³-hybridized carbons (Fsp3) is 0.370. The lowest BCUT2D eigenvalue weighted by atomic mass is 9.85. The highest BCUT2D eigenvalue weighted by molar-refractivity contribution is 5.97. The van der Waals surface area contributed by atoms with E-state index in [4.69, 9.17) is 15.5 Å². The maximum atomic E-state index is 13.2. The monoisotopic (exact) mass is 528 g/mol. The van der Waals surface area contributed by atoms with Crippen molar-refractivity contribution in [2.45, 2.75) is 37.9 Å². The first-order valence-electron chi connectivity index (χ1n) is 12.4. The predicted octanol–water partition coefficient (Wildman–Crippen LogP) is 4.69. The van der Waals surface area contributed by atoms with E-state index in [1.807, 2.05) is 16.7 Å². The van der Waals surface area contributed by atoms with Gasteiger partial charge in [-0.05, 0) is 56.0 Å². The maximum absolute atomic E-state index is 13.2. The number of nitrogens with zero attached hydrogens (tertiary/aromatic N) is 3. The van der Waals surface area contributed by atoms with E-state index in [2.05, 4.69) is 0 Å². The third kappa shape index (κ3) is 5.10. The summed E-state index contributed by atoms with van der Waals surface area (Å²) in [5, 5.41) is 10.8. The summed E-state index contributed by atoms with van der Waals surface area (Å²) in [6, 6.07) is 9.85. The van der Waals surface area contributed by atoms with Crippen LogP contribution in [0.1, 0.15) is 48.7 Å². The minimum absolute atomic E-state index is 0.00552. The van der Waals surface area contributed by atoms with Gasteiger partial charge in [-0.2, -0.15) is 13.2 Å². The van der Waals surface area contributed by atoms with E-state index in [1.54, 1.807) is 11.0 Å². The van der Waals surface area contributed by atoms with Gasteiger partial charge in [-0.15, -0.1) is 0 Å². The lowest BCUT2D eigenvalue weighted by molar-refractivity contribution is -0.137. The van der Waals surface area contributed by atoms with E-state index < -0.39 is 11.7 Å². The number of morpholine rings is 1. The van der Waals surface area contributed by atoms with Crippen molar-refractivity contribution in [2.24, 2.45) is 11.7 Å². The molecule has 2 heterocycles. The first-order chi connectivity index (χ1) is 18.1. The van der Waals surface area contributed by atoms with E-state index in [-0.39, 0.29) is 41.7 Å². The van der Waals surface area contributed by atoms with Gasteiger partial charge in [-0.1, -0.05) is 12.1 Å². The second kappa shape index (κ2) is 10.1. The van der Waals surface area contributed by atoms with Gasteiger partial charge in [0.05, 0.1) is 23.2 Å². The first-order valence-corrected chi connectivity index (χ1v) is 12.4. The molecule has 1 aromatic heterocycles. The zero-order valence-electron chi connectivity index (χ0n) is 20.4. The minimum atomic E-state index is -4.55. The molecule has 11 heteroatoms. The zero-order valence-corrected chi connectivity index (χ0v) is 20.4. The number of aliphatic hydroxyl groups excluding tert-OH is 1. The van der Waals surface area contributed by atoms with Crippen LogP contribution in [0.3, 0.4) is 0 Å². The molecule has 1 saturated carbocycles. The number of hydrogen-bond acceptors (Lipinski definition) is 5. The average Bonchev–Trinajstić information content (AvgIpc) is 3.25. The van der Waals surface area contributed by atoms with Crippen molar-refractivity contribution in [1.82, 2.24) is 9.55 Å². The van der Waals surface area contributed by atoms with Gasteiger partial charge in [0, 0.05) is 35.8 Å². The average molecular weight is 529 g/mol. The molecule has 2 aliphatic rings.